The van der Waals surface area contributed by atoms with Crippen LogP contribution in [0.25, 0.3) is 0 Å². The number of rotatable bonds is 2. The van der Waals surface area contributed by atoms with E-state index in [9.17, 15) is 8.42 Å². The van der Waals surface area contributed by atoms with Crippen molar-refractivity contribution < 1.29 is 8.42 Å². The predicted molar refractivity (Wildman–Crippen MR) is 54.5 cm³/mol. The number of fused-ring (bicyclic) bond motifs is 1. The van der Waals surface area contributed by atoms with Crippen LogP contribution >= 0.6 is 11.8 Å². The highest BCUT2D eigenvalue weighted by Crippen LogP contribution is 2.29. The summed E-state index contributed by atoms with van der Waals surface area (Å²) in [6.07, 6.45) is 3.16. The van der Waals surface area contributed by atoms with Crippen LogP contribution in [-0.2, 0) is 23.1 Å². The Balaban J connectivity index is 2.31. The zero-order valence-electron chi connectivity index (χ0n) is 7.94. The topological polar surface area (TPSA) is 66.1 Å². The Bertz CT molecular complexity index is 452. The largest absolute Gasteiger partial charge is 0.280 e. The number of H-pyrrole nitrogens is 1. The van der Waals surface area contributed by atoms with Gasteiger partial charge in [-0.3, -0.25) is 5.10 Å². The van der Waals surface area contributed by atoms with E-state index in [2.05, 4.69) is 10.2 Å². The molecule has 0 spiro atoms. The van der Waals surface area contributed by atoms with E-state index in [-0.39, 0.29) is 0 Å². The average molecular weight is 233 g/mol. The summed E-state index contributed by atoms with van der Waals surface area (Å²) in [4.78, 5) is 0. The Labute approximate surface area is 86.9 Å². The van der Waals surface area contributed by atoms with Crippen molar-refractivity contribution in [1.82, 2.24) is 14.5 Å². The van der Waals surface area contributed by atoms with Gasteiger partial charge in [0.05, 0.1) is 18.5 Å². The second-order valence-corrected chi connectivity index (χ2v) is 6.00. The van der Waals surface area contributed by atoms with Crippen molar-refractivity contribution in [2.75, 3.05) is 12.5 Å². The van der Waals surface area contributed by atoms with E-state index in [1.165, 1.54) is 22.3 Å². The van der Waals surface area contributed by atoms with Gasteiger partial charge in [0.2, 0.25) is 10.0 Å². The Morgan fingerprint density at radius 3 is 2.79 bits per heavy atom. The molecule has 0 radical (unpaired) electrons. The molecule has 0 amide bonds. The zero-order valence-corrected chi connectivity index (χ0v) is 9.57. The van der Waals surface area contributed by atoms with Crippen LogP contribution in [0.2, 0.25) is 0 Å². The van der Waals surface area contributed by atoms with Crippen LogP contribution in [0.4, 0.5) is 0 Å². The van der Waals surface area contributed by atoms with E-state index in [4.69, 9.17) is 0 Å². The summed E-state index contributed by atoms with van der Waals surface area (Å²) < 4.78 is 24.0. The molecule has 0 unspecified atom stereocenters. The molecule has 0 saturated carbocycles. The van der Waals surface area contributed by atoms with Crippen molar-refractivity contribution >= 4 is 21.8 Å². The molecule has 0 aromatic carbocycles. The molecule has 78 valence electrons. The zero-order chi connectivity index (χ0) is 10.3. The molecule has 1 aromatic heterocycles. The third-order valence-electron chi connectivity index (χ3n) is 2.25. The number of aromatic amines is 1. The highest BCUT2D eigenvalue weighted by atomic mass is 32.2. The molecule has 2 rings (SSSR count). The van der Waals surface area contributed by atoms with Crippen molar-refractivity contribution in [3.63, 3.8) is 0 Å². The number of aromatic nitrogens is 2. The smallest absolute Gasteiger partial charge is 0.211 e. The Morgan fingerprint density at radius 2 is 2.21 bits per heavy atom. The molecule has 2 heterocycles. The second kappa shape index (κ2) is 3.25. The Hall–Kier alpha value is -0.530. The highest BCUT2D eigenvalue weighted by Gasteiger charge is 2.29. The summed E-state index contributed by atoms with van der Waals surface area (Å²) in [5.41, 5.74) is 1.93. The second-order valence-electron chi connectivity index (χ2n) is 3.22. The van der Waals surface area contributed by atoms with Crippen LogP contribution in [0.15, 0.2) is 5.03 Å². The van der Waals surface area contributed by atoms with Gasteiger partial charge in [0.1, 0.15) is 5.03 Å². The van der Waals surface area contributed by atoms with E-state index in [1.54, 1.807) is 0 Å². The molecule has 1 aromatic rings. The van der Waals surface area contributed by atoms with Gasteiger partial charge < -0.3 is 0 Å². The average Bonchev–Trinajstić information content (AvgIpc) is 2.58. The number of sulfonamides is 1. The SMILES string of the molecule is CSc1n[nH]c2c1CN(S(C)(=O)=O)C2. The normalized spacial score (nSPS) is 17.3. The van der Waals surface area contributed by atoms with Gasteiger partial charge in [0.15, 0.2) is 0 Å². The molecular weight excluding hydrogens is 222 g/mol. The number of nitrogens with zero attached hydrogens (tertiary/aromatic N) is 2. The van der Waals surface area contributed by atoms with E-state index in [0.717, 1.165) is 16.3 Å². The van der Waals surface area contributed by atoms with Gasteiger partial charge in [-0.2, -0.15) is 9.40 Å². The van der Waals surface area contributed by atoms with Crippen LogP contribution < -0.4 is 0 Å². The van der Waals surface area contributed by atoms with Crippen LogP contribution in [0.5, 0.6) is 0 Å². The summed E-state index contributed by atoms with van der Waals surface area (Å²) in [7, 11) is -3.09. The molecule has 1 aliphatic heterocycles. The minimum Gasteiger partial charge on any atom is -0.280 e. The first-order chi connectivity index (χ1) is 6.52. The molecule has 0 aliphatic carbocycles. The van der Waals surface area contributed by atoms with Crippen LogP contribution in [0.1, 0.15) is 11.3 Å². The first-order valence-corrected chi connectivity index (χ1v) is 7.15. The lowest BCUT2D eigenvalue weighted by Crippen LogP contribution is -2.24. The molecule has 0 fully saturated rings. The lowest BCUT2D eigenvalue weighted by molar-refractivity contribution is 0.429. The minimum absolute atomic E-state index is 0.418. The molecule has 1 N–H and O–H groups in total. The molecular formula is C7H11N3O2S2. The van der Waals surface area contributed by atoms with Crippen LogP contribution in [0.3, 0.4) is 0 Å². The maximum absolute atomic E-state index is 11.3. The fourth-order valence-corrected chi connectivity index (χ4v) is 2.79. The van der Waals surface area contributed by atoms with Crippen molar-refractivity contribution in [3.8, 4) is 0 Å². The highest BCUT2D eigenvalue weighted by molar-refractivity contribution is 7.98. The van der Waals surface area contributed by atoms with Crippen LogP contribution in [0, 0.1) is 0 Å². The monoisotopic (exact) mass is 233 g/mol. The third kappa shape index (κ3) is 1.55. The van der Waals surface area contributed by atoms with Gasteiger partial charge in [0.25, 0.3) is 0 Å². The number of hydrogen-bond donors (Lipinski definition) is 1. The fraction of sp³-hybridized carbons (Fsp3) is 0.571. The lowest BCUT2D eigenvalue weighted by Gasteiger charge is -2.11. The predicted octanol–water partition coefficient (Wildman–Crippen LogP) is 0.407. The molecule has 0 atom stereocenters. The van der Waals surface area contributed by atoms with Gasteiger partial charge in [-0.05, 0) is 6.26 Å². The van der Waals surface area contributed by atoms with Gasteiger partial charge in [-0.25, -0.2) is 8.42 Å². The molecule has 0 bridgehead atoms. The van der Waals surface area contributed by atoms with E-state index in [0.29, 0.717) is 13.1 Å². The molecule has 1 aliphatic rings. The fourth-order valence-electron chi connectivity index (χ4n) is 1.49. The summed E-state index contributed by atoms with van der Waals surface area (Å²) >= 11 is 1.53. The molecule has 7 heteroatoms. The van der Waals surface area contributed by atoms with Crippen LogP contribution in [-0.4, -0.2) is 35.4 Å². The van der Waals surface area contributed by atoms with Gasteiger partial charge >= 0.3 is 0 Å². The first kappa shape index (κ1) is 10.0. The number of nitrogens with one attached hydrogen (secondary N) is 1. The third-order valence-corrected chi connectivity index (χ3v) is 4.17. The quantitative estimate of drug-likeness (QED) is 0.751. The maximum Gasteiger partial charge on any atom is 0.211 e. The number of hydrogen-bond acceptors (Lipinski definition) is 4. The molecule has 5 nitrogen and oxygen atoms in total. The Morgan fingerprint density at radius 1 is 1.50 bits per heavy atom. The lowest BCUT2D eigenvalue weighted by atomic mass is 10.3. The van der Waals surface area contributed by atoms with Gasteiger partial charge in [-0.1, -0.05) is 0 Å². The van der Waals surface area contributed by atoms with Crippen molar-refractivity contribution in [3.05, 3.63) is 11.3 Å². The van der Waals surface area contributed by atoms with Gasteiger partial charge in [-0.15, -0.1) is 11.8 Å². The van der Waals surface area contributed by atoms with Gasteiger partial charge in [0, 0.05) is 12.1 Å². The molecule has 14 heavy (non-hydrogen) atoms. The molecule has 0 saturated heterocycles. The van der Waals surface area contributed by atoms with Crippen molar-refractivity contribution in [2.24, 2.45) is 0 Å². The number of thioether (sulfide) groups is 1. The Kier molecular flexibility index (Phi) is 2.32. The van der Waals surface area contributed by atoms with Crippen molar-refractivity contribution in [1.29, 1.82) is 0 Å². The van der Waals surface area contributed by atoms with E-state index in [1.807, 2.05) is 6.26 Å². The summed E-state index contributed by atoms with van der Waals surface area (Å²) in [5, 5.41) is 7.85. The first-order valence-electron chi connectivity index (χ1n) is 4.07. The van der Waals surface area contributed by atoms with E-state index >= 15 is 0 Å². The summed E-state index contributed by atoms with van der Waals surface area (Å²) in [5.74, 6) is 0. The summed E-state index contributed by atoms with van der Waals surface area (Å²) in [6, 6.07) is 0. The minimum atomic E-state index is -3.09. The summed E-state index contributed by atoms with van der Waals surface area (Å²) in [6.45, 7) is 0.864. The standard InChI is InChI=1S/C7H11N3O2S2/c1-13-7-5-3-10(14(2,11)12)4-6(5)8-9-7/h3-4H2,1-2H3,(H,8,9). The van der Waals surface area contributed by atoms with E-state index < -0.39 is 10.0 Å². The maximum atomic E-state index is 11.3. The van der Waals surface area contributed by atoms with Crippen molar-refractivity contribution in [2.45, 2.75) is 18.1 Å².